The lowest BCUT2D eigenvalue weighted by molar-refractivity contribution is -0.115. The zero-order valence-corrected chi connectivity index (χ0v) is 10.0. The van der Waals surface area contributed by atoms with Gasteiger partial charge in [0, 0.05) is 6.42 Å². The van der Waals surface area contributed by atoms with Crippen LogP contribution < -0.4 is 0 Å². The second-order valence-electron chi connectivity index (χ2n) is 3.13. The highest BCUT2D eigenvalue weighted by molar-refractivity contribution is 7.44. The fourth-order valence-corrected chi connectivity index (χ4v) is 2.37. The summed E-state index contributed by atoms with van der Waals surface area (Å²) in [5.74, 6) is 0.113. The SMILES string of the molecule is C=C(C)C(=O)CCC[Si](C)(Cl)Cl. The van der Waals surface area contributed by atoms with E-state index >= 15 is 0 Å². The maximum Gasteiger partial charge on any atom is 0.248 e. The Labute approximate surface area is 84.2 Å². The van der Waals surface area contributed by atoms with Crippen LogP contribution in [0.3, 0.4) is 0 Å². The first kappa shape index (κ1) is 12.2. The monoisotopic (exact) mass is 224 g/mol. The lowest BCUT2D eigenvalue weighted by Gasteiger charge is -2.08. The molecule has 0 atom stereocenters. The Morgan fingerprint density at radius 2 is 2.00 bits per heavy atom. The number of ketones is 1. The maximum atomic E-state index is 11.1. The molecule has 0 aromatic heterocycles. The van der Waals surface area contributed by atoms with Crippen molar-refractivity contribution in [3.63, 3.8) is 0 Å². The van der Waals surface area contributed by atoms with E-state index in [-0.39, 0.29) is 5.78 Å². The molecule has 0 heterocycles. The third-order valence-electron chi connectivity index (χ3n) is 1.50. The highest BCUT2D eigenvalue weighted by Crippen LogP contribution is 2.22. The Bertz CT molecular complexity index is 184. The number of allylic oxidation sites excluding steroid dienone is 1. The van der Waals surface area contributed by atoms with E-state index in [1.807, 2.05) is 6.55 Å². The molecule has 12 heavy (non-hydrogen) atoms. The van der Waals surface area contributed by atoms with Crippen molar-refractivity contribution in [1.29, 1.82) is 0 Å². The van der Waals surface area contributed by atoms with Gasteiger partial charge in [0.1, 0.15) is 0 Å². The minimum atomic E-state index is -2.00. The van der Waals surface area contributed by atoms with E-state index < -0.39 is 6.69 Å². The van der Waals surface area contributed by atoms with Crippen LogP contribution in [0.15, 0.2) is 12.2 Å². The zero-order chi connectivity index (χ0) is 9.78. The van der Waals surface area contributed by atoms with Gasteiger partial charge in [0.05, 0.1) is 0 Å². The van der Waals surface area contributed by atoms with E-state index in [0.717, 1.165) is 12.5 Å². The molecule has 0 aliphatic carbocycles. The topological polar surface area (TPSA) is 17.1 Å². The van der Waals surface area contributed by atoms with Crippen LogP contribution in [0.25, 0.3) is 0 Å². The summed E-state index contributed by atoms with van der Waals surface area (Å²) >= 11 is 11.7. The number of hydrogen-bond acceptors (Lipinski definition) is 1. The summed E-state index contributed by atoms with van der Waals surface area (Å²) in [6, 6.07) is 0.773. The molecular weight excluding hydrogens is 211 g/mol. The molecule has 0 radical (unpaired) electrons. The summed E-state index contributed by atoms with van der Waals surface area (Å²) in [5.41, 5.74) is 0.613. The van der Waals surface area contributed by atoms with Crippen LogP contribution in [-0.4, -0.2) is 12.5 Å². The van der Waals surface area contributed by atoms with Crippen LogP contribution in [0, 0.1) is 0 Å². The van der Waals surface area contributed by atoms with Crippen LogP contribution in [0.2, 0.25) is 12.6 Å². The van der Waals surface area contributed by atoms with E-state index in [1.54, 1.807) is 6.92 Å². The smallest absolute Gasteiger partial charge is 0.248 e. The van der Waals surface area contributed by atoms with Crippen molar-refractivity contribution in [1.82, 2.24) is 0 Å². The van der Waals surface area contributed by atoms with Gasteiger partial charge in [0.15, 0.2) is 5.78 Å². The summed E-state index contributed by atoms with van der Waals surface area (Å²) in [4.78, 5) is 11.1. The lowest BCUT2D eigenvalue weighted by atomic mass is 10.1. The summed E-state index contributed by atoms with van der Waals surface area (Å²) in [7, 11) is 0. The van der Waals surface area contributed by atoms with Crippen molar-refractivity contribution in [3.8, 4) is 0 Å². The van der Waals surface area contributed by atoms with Crippen LogP contribution in [0.5, 0.6) is 0 Å². The second-order valence-corrected chi connectivity index (χ2v) is 11.4. The van der Waals surface area contributed by atoms with Gasteiger partial charge in [0.2, 0.25) is 6.69 Å². The van der Waals surface area contributed by atoms with E-state index in [1.165, 1.54) is 0 Å². The molecule has 0 unspecified atom stereocenters. The molecule has 0 fully saturated rings. The predicted octanol–water partition coefficient (Wildman–Crippen LogP) is 3.46. The van der Waals surface area contributed by atoms with Gasteiger partial charge in [-0.3, -0.25) is 4.79 Å². The van der Waals surface area contributed by atoms with Gasteiger partial charge in [0.25, 0.3) is 0 Å². The minimum absolute atomic E-state index is 0.113. The van der Waals surface area contributed by atoms with Gasteiger partial charge in [-0.2, -0.15) is 0 Å². The van der Waals surface area contributed by atoms with E-state index in [0.29, 0.717) is 12.0 Å². The predicted molar refractivity (Wildman–Crippen MR) is 57.2 cm³/mol. The number of carbonyl (C=O) groups excluding carboxylic acids is 1. The molecule has 0 aliphatic heterocycles. The number of carbonyl (C=O) groups is 1. The van der Waals surface area contributed by atoms with Crippen molar-refractivity contribution in [2.45, 2.75) is 32.4 Å². The normalized spacial score (nSPS) is 11.3. The lowest BCUT2D eigenvalue weighted by Crippen LogP contribution is -2.12. The maximum absolute atomic E-state index is 11.1. The summed E-state index contributed by atoms with van der Waals surface area (Å²) in [5, 5.41) is 0. The Kier molecular flexibility index (Phi) is 5.14. The largest absolute Gasteiger partial charge is 0.295 e. The van der Waals surface area contributed by atoms with Crippen LogP contribution in [0.4, 0.5) is 0 Å². The summed E-state index contributed by atoms with van der Waals surface area (Å²) in [6.07, 6.45) is 1.30. The second kappa shape index (κ2) is 5.05. The van der Waals surface area contributed by atoms with Crippen molar-refractivity contribution < 1.29 is 4.79 Å². The first-order chi connectivity index (χ1) is 5.33. The van der Waals surface area contributed by atoms with Crippen molar-refractivity contribution >= 4 is 34.6 Å². The number of rotatable bonds is 5. The fraction of sp³-hybridized carbons (Fsp3) is 0.625. The first-order valence-electron chi connectivity index (χ1n) is 3.89. The molecule has 0 N–H and O–H groups in total. The number of halogens is 2. The summed E-state index contributed by atoms with van der Waals surface area (Å²) < 4.78 is 0. The Morgan fingerprint density at radius 3 is 2.33 bits per heavy atom. The molecule has 1 nitrogen and oxygen atoms in total. The van der Waals surface area contributed by atoms with Gasteiger partial charge < -0.3 is 0 Å². The highest BCUT2D eigenvalue weighted by atomic mass is 35.7. The molecule has 0 aromatic carbocycles. The average molecular weight is 225 g/mol. The van der Waals surface area contributed by atoms with Crippen LogP contribution in [-0.2, 0) is 4.79 Å². The standard InChI is InChI=1S/C8H14Cl2OSi/c1-7(2)8(11)5-4-6-12(3,9)10/h1,4-6H2,2-3H3. The van der Waals surface area contributed by atoms with Gasteiger partial charge in [-0.25, -0.2) is 0 Å². The minimum Gasteiger partial charge on any atom is -0.295 e. The zero-order valence-electron chi connectivity index (χ0n) is 7.49. The highest BCUT2D eigenvalue weighted by Gasteiger charge is 2.20. The number of Topliss-reactive ketones (excluding diaryl/α,β-unsaturated/α-hetero) is 1. The third kappa shape index (κ3) is 6.89. The quantitative estimate of drug-likeness (QED) is 0.398. The van der Waals surface area contributed by atoms with E-state index in [2.05, 4.69) is 6.58 Å². The van der Waals surface area contributed by atoms with E-state index in [4.69, 9.17) is 22.2 Å². The first-order valence-corrected chi connectivity index (χ1v) is 8.62. The average Bonchev–Trinajstić information content (AvgIpc) is 1.84. The molecule has 0 amide bonds. The van der Waals surface area contributed by atoms with Crippen LogP contribution >= 0.6 is 22.2 Å². The third-order valence-corrected chi connectivity index (χ3v) is 3.86. The molecule has 0 saturated carbocycles. The molecule has 0 aliphatic rings. The fourth-order valence-electron chi connectivity index (χ4n) is 0.773. The molecule has 4 heteroatoms. The Balaban J connectivity index is 3.58. The molecule has 0 rings (SSSR count). The van der Waals surface area contributed by atoms with Crippen molar-refractivity contribution in [2.75, 3.05) is 0 Å². The number of hydrogen-bond donors (Lipinski definition) is 0. The van der Waals surface area contributed by atoms with Gasteiger partial charge >= 0.3 is 0 Å². The van der Waals surface area contributed by atoms with Crippen LogP contribution in [0.1, 0.15) is 19.8 Å². The molecule has 70 valence electrons. The molecule has 0 saturated heterocycles. The van der Waals surface area contributed by atoms with Gasteiger partial charge in [-0.1, -0.05) is 6.58 Å². The molecule has 0 aromatic rings. The molecule has 0 bridgehead atoms. The van der Waals surface area contributed by atoms with Crippen molar-refractivity contribution in [3.05, 3.63) is 12.2 Å². The molecule has 0 spiro atoms. The Morgan fingerprint density at radius 1 is 1.50 bits per heavy atom. The summed E-state index contributed by atoms with van der Waals surface area (Å²) in [6.45, 7) is 5.15. The molecular formula is C8H14Cl2OSi. The van der Waals surface area contributed by atoms with E-state index in [9.17, 15) is 4.79 Å². The van der Waals surface area contributed by atoms with Crippen molar-refractivity contribution in [2.24, 2.45) is 0 Å². The van der Waals surface area contributed by atoms with Gasteiger partial charge in [-0.15, -0.1) is 22.2 Å². The van der Waals surface area contributed by atoms with Gasteiger partial charge in [-0.05, 0) is 31.5 Å². The Hall–Kier alpha value is 0.207.